The van der Waals surface area contributed by atoms with E-state index in [-0.39, 0.29) is 16.6 Å². The molecule has 0 fully saturated rings. The molecule has 3 heteroatoms. The fourth-order valence-corrected chi connectivity index (χ4v) is 2.45. The zero-order valence-electron chi connectivity index (χ0n) is 15.3. The van der Waals surface area contributed by atoms with Crippen LogP contribution in [0.15, 0.2) is 42.5 Å². The van der Waals surface area contributed by atoms with Crippen molar-refractivity contribution in [3.8, 4) is 11.5 Å². The lowest BCUT2D eigenvalue weighted by Crippen LogP contribution is -2.14. The van der Waals surface area contributed by atoms with Gasteiger partial charge in [0.1, 0.15) is 11.5 Å². The number of hydrogen-bond acceptors (Lipinski definition) is 3. The van der Waals surface area contributed by atoms with E-state index in [2.05, 4.69) is 20.8 Å². The molecule has 2 aromatic rings. The summed E-state index contributed by atoms with van der Waals surface area (Å²) in [7, 11) is 0. The average molecular weight is 326 g/mol. The Balaban J connectivity index is 2.21. The second kappa shape index (κ2) is 6.31. The Bertz CT molecular complexity index is 729. The molecule has 3 nitrogen and oxygen atoms in total. The van der Waals surface area contributed by atoms with Gasteiger partial charge in [0.2, 0.25) is 0 Å². The van der Waals surface area contributed by atoms with Crippen LogP contribution in [0, 0.1) is 0 Å². The third-order valence-corrected chi connectivity index (χ3v) is 3.97. The van der Waals surface area contributed by atoms with Gasteiger partial charge in [0.15, 0.2) is 0 Å². The molecule has 0 saturated carbocycles. The molecule has 128 valence electrons. The molecule has 0 unspecified atom stereocenters. The van der Waals surface area contributed by atoms with Crippen LogP contribution in [-0.2, 0) is 10.8 Å². The van der Waals surface area contributed by atoms with Crippen LogP contribution in [0.5, 0.6) is 11.5 Å². The van der Waals surface area contributed by atoms with Gasteiger partial charge in [-0.2, -0.15) is 0 Å². The van der Waals surface area contributed by atoms with Crippen molar-refractivity contribution in [2.45, 2.75) is 52.4 Å². The Morgan fingerprint density at radius 1 is 0.875 bits per heavy atom. The van der Waals surface area contributed by atoms with Crippen molar-refractivity contribution in [2.75, 3.05) is 0 Å². The molecule has 0 aromatic heterocycles. The predicted octanol–water partition coefficient (Wildman–Crippen LogP) is 5.21. The van der Waals surface area contributed by atoms with Gasteiger partial charge >= 0.3 is 5.97 Å². The molecular formula is C21H26O3. The number of benzene rings is 2. The van der Waals surface area contributed by atoms with Crippen LogP contribution >= 0.6 is 0 Å². The fraction of sp³-hybridized carbons (Fsp3) is 0.381. The summed E-state index contributed by atoms with van der Waals surface area (Å²) in [5.74, 6) is 0.237. The summed E-state index contributed by atoms with van der Waals surface area (Å²) in [6, 6.07) is 12.4. The summed E-state index contributed by atoms with van der Waals surface area (Å²) in [6.07, 6.45) is 0. The van der Waals surface area contributed by atoms with Gasteiger partial charge in [0.05, 0.1) is 5.56 Å². The number of esters is 1. The van der Waals surface area contributed by atoms with Crippen molar-refractivity contribution in [2.24, 2.45) is 0 Å². The van der Waals surface area contributed by atoms with Gasteiger partial charge in [-0.05, 0) is 46.7 Å². The average Bonchev–Trinajstić information content (AvgIpc) is 2.47. The summed E-state index contributed by atoms with van der Waals surface area (Å²) in [6.45, 7) is 12.4. The maximum atomic E-state index is 12.3. The number of rotatable bonds is 2. The number of carbonyl (C=O) groups excluding carboxylic acids is 1. The van der Waals surface area contributed by atoms with E-state index < -0.39 is 5.97 Å². The second-order valence-electron chi connectivity index (χ2n) is 8.15. The molecule has 2 aromatic carbocycles. The van der Waals surface area contributed by atoms with Crippen molar-refractivity contribution in [1.29, 1.82) is 0 Å². The molecule has 0 atom stereocenters. The summed E-state index contributed by atoms with van der Waals surface area (Å²) in [5.41, 5.74) is 2.23. The number of phenolic OH excluding ortho intramolecular Hbond substituents is 1. The minimum atomic E-state index is -0.402. The fourth-order valence-electron chi connectivity index (χ4n) is 2.45. The molecule has 0 aliphatic carbocycles. The van der Waals surface area contributed by atoms with Crippen LogP contribution in [-0.4, -0.2) is 11.1 Å². The summed E-state index contributed by atoms with van der Waals surface area (Å²) in [4.78, 5) is 12.3. The molecule has 24 heavy (non-hydrogen) atoms. The zero-order chi connectivity index (χ0) is 18.1. The molecule has 0 amide bonds. The van der Waals surface area contributed by atoms with E-state index in [1.807, 2.05) is 32.9 Å². The molecule has 0 aliphatic heterocycles. The van der Waals surface area contributed by atoms with Gasteiger partial charge < -0.3 is 9.84 Å². The maximum Gasteiger partial charge on any atom is 0.343 e. The zero-order valence-corrected chi connectivity index (χ0v) is 15.3. The molecule has 0 heterocycles. The standard InChI is InChI=1S/C21H26O3/c1-20(2,3)15-9-7-14(8-10-15)19(23)24-16-11-12-18(22)17(13-16)21(4,5)6/h7-13,22H,1-6H3. The minimum Gasteiger partial charge on any atom is -0.508 e. The Morgan fingerprint density at radius 3 is 1.96 bits per heavy atom. The third kappa shape index (κ3) is 4.16. The van der Waals surface area contributed by atoms with Crippen molar-refractivity contribution < 1.29 is 14.6 Å². The topological polar surface area (TPSA) is 46.5 Å². The largest absolute Gasteiger partial charge is 0.508 e. The van der Waals surface area contributed by atoms with Crippen molar-refractivity contribution in [3.63, 3.8) is 0 Å². The number of aromatic hydroxyl groups is 1. The molecule has 0 aliphatic rings. The van der Waals surface area contributed by atoms with Gasteiger partial charge in [-0.3, -0.25) is 0 Å². The SMILES string of the molecule is CC(C)(C)c1ccc(C(=O)Oc2ccc(O)c(C(C)(C)C)c2)cc1. The quantitative estimate of drug-likeness (QED) is 0.609. The van der Waals surface area contributed by atoms with E-state index in [0.717, 1.165) is 5.56 Å². The number of hydrogen-bond donors (Lipinski definition) is 1. The number of carbonyl (C=O) groups is 1. The highest BCUT2D eigenvalue weighted by Gasteiger charge is 2.20. The van der Waals surface area contributed by atoms with E-state index in [4.69, 9.17) is 4.74 Å². The summed E-state index contributed by atoms with van der Waals surface area (Å²) in [5, 5.41) is 9.99. The molecule has 0 bridgehead atoms. The first-order valence-corrected chi connectivity index (χ1v) is 8.15. The molecule has 0 radical (unpaired) electrons. The van der Waals surface area contributed by atoms with Crippen LogP contribution in [0.25, 0.3) is 0 Å². The normalized spacial score (nSPS) is 12.1. The van der Waals surface area contributed by atoms with Crippen molar-refractivity contribution >= 4 is 5.97 Å². The van der Waals surface area contributed by atoms with Crippen molar-refractivity contribution in [1.82, 2.24) is 0 Å². The van der Waals surface area contributed by atoms with Gasteiger partial charge in [0.25, 0.3) is 0 Å². The van der Waals surface area contributed by atoms with Gasteiger partial charge in [-0.1, -0.05) is 53.7 Å². The van der Waals surface area contributed by atoms with Gasteiger partial charge in [0, 0.05) is 5.56 Å². The molecule has 0 spiro atoms. The first kappa shape index (κ1) is 18.1. The first-order chi connectivity index (χ1) is 11.0. The highest BCUT2D eigenvalue weighted by molar-refractivity contribution is 5.91. The molecule has 0 saturated heterocycles. The van der Waals surface area contributed by atoms with Crippen LogP contribution in [0.1, 0.15) is 63.0 Å². The lowest BCUT2D eigenvalue weighted by Gasteiger charge is -2.21. The van der Waals surface area contributed by atoms with E-state index >= 15 is 0 Å². The summed E-state index contributed by atoms with van der Waals surface area (Å²) >= 11 is 0. The van der Waals surface area contributed by atoms with E-state index in [9.17, 15) is 9.90 Å². The van der Waals surface area contributed by atoms with E-state index in [1.165, 1.54) is 5.56 Å². The molecular weight excluding hydrogens is 300 g/mol. The highest BCUT2D eigenvalue weighted by Crippen LogP contribution is 2.33. The lowest BCUT2D eigenvalue weighted by molar-refractivity contribution is 0.0734. The smallest absolute Gasteiger partial charge is 0.343 e. The van der Waals surface area contributed by atoms with Crippen LogP contribution in [0.4, 0.5) is 0 Å². The number of phenols is 1. The molecule has 2 rings (SSSR count). The van der Waals surface area contributed by atoms with Crippen LogP contribution in [0.3, 0.4) is 0 Å². The second-order valence-corrected chi connectivity index (χ2v) is 8.15. The van der Waals surface area contributed by atoms with Gasteiger partial charge in [-0.15, -0.1) is 0 Å². The number of ether oxygens (including phenoxy) is 1. The van der Waals surface area contributed by atoms with E-state index in [1.54, 1.807) is 30.3 Å². The van der Waals surface area contributed by atoms with E-state index in [0.29, 0.717) is 11.3 Å². The predicted molar refractivity (Wildman–Crippen MR) is 96.9 cm³/mol. The Morgan fingerprint density at radius 2 is 1.46 bits per heavy atom. The Hall–Kier alpha value is -2.29. The highest BCUT2D eigenvalue weighted by atomic mass is 16.5. The van der Waals surface area contributed by atoms with Crippen LogP contribution < -0.4 is 4.74 Å². The maximum absolute atomic E-state index is 12.3. The summed E-state index contributed by atoms with van der Waals surface area (Å²) < 4.78 is 5.47. The minimum absolute atomic E-state index is 0.0427. The van der Waals surface area contributed by atoms with Crippen molar-refractivity contribution in [3.05, 3.63) is 59.2 Å². The van der Waals surface area contributed by atoms with Crippen LogP contribution in [0.2, 0.25) is 0 Å². The third-order valence-electron chi connectivity index (χ3n) is 3.97. The first-order valence-electron chi connectivity index (χ1n) is 8.15. The molecule has 1 N–H and O–H groups in total. The Kier molecular flexibility index (Phi) is 4.75. The Labute approximate surface area is 144 Å². The van der Waals surface area contributed by atoms with Gasteiger partial charge in [-0.25, -0.2) is 4.79 Å². The monoisotopic (exact) mass is 326 g/mol. The lowest BCUT2D eigenvalue weighted by atomic mass is 9.86.